The van der Waals surface area contributed by atoms with Crippen LogP contribution in [0.25, 0.3) is 0 Å². The summed E-state index contributed by atoms with van der Waals surface area (Å²) in [7, 11) is 0. The van der Waals surface area contributed by atoms with Crippen LogP contribution in [-0.2, 0) is 11.2 Å². The van der Waals surface area contributed by atoms with Gasteiger partial charge in [-0.1, -0.05) is 26.0 Å². The first-order valence-electron chi connectivity index (χ1n) is 4.77. The maximum atomic E-state index is 11.1. The zero-order valence-corrected chi connectivity index (χ0v) is 8.54. The van der Waals surface area contributed by atoms with E-state index >= 15 is 0 Å². The number of carbonyl (C=O) groups excluding carboxylic acids is 1. The lowest BCUT2D eigenvalue weighted by molar-refractivity contribution is -0.134. The zero-order valence-electron chi connectivity index (χ0n) is 8.54. The Balaban J connectivity index is 2.98. The van der Waals surface area contributed by atoms with Crippen molar-refractivity contribution < 1.29 is 9.53 Å². The van der Waals surface area contributed by atoms with Crippen molar-refractivity contribution in [1.29, 1.82) is 0 Å². The molecule has 1 aromatic rings. The van der Waals surface area contributed by atoms with Crippen molar-refractivity contribution in [2.45, 2.75) is 26.7 Å². The van der Waals surface area contributed by atoms with Crippen molar-refractivity contribution in [3.05, 3.63) is 23.8 Å². The fourth-order valence-corrected chi connectivity index (χ4v) is 1.19. The molecule has 0 atom stereocenters. The largest absolute Gasteiger partial charge is 0.424 e. The van der Waals surface area contributed by atoms with Gasteiger partial charge in [0.15, 0.2) is 5.75 Å². The third-order valence-electron chi connectivity index (χ3n) is 2.01. The quantitative estimate of drug-likeness (QED) is 0.454. The van der Waals surface area contributed by atoms with Crippen molar-refractivity contribution in [2.24, 2.45) is 0 Å². The summed E-state index contributed by atoms with van der Waals surface area (Å²) < 4.78 is 5.15. The molecule has 3 heteroatoms. The van der Waals surface area contributed by atoms with Crippen LogP contribution in [0.3, 0.4) is 0 Å². The highest BCUT2D eigenvalue weighted by molar-refractivity contribution is 5.75. The number of anilines is 1. The smallest absolute Gasteiger partial charge is 0.310 e. The van der Waals surface area contributed by atoms with Crippen LogP contribution in [0.1, 0.15) is 25.8 Å². The first kappa shape index (κ1) is 10.6. The second kappa shape index (κ2) is 4.65. The molecule has 0 unspecified atom stereocenters. The molecule has 0 heterocycles. The van der Waals surface area contributed by atoms with Gasteiger partial charge in [-0.2, -0.15) is 0 Å². The monoisotopic (exact) mass is 193 g/mol. The van der Waals surface area contributed by atoms with Crippen molar-refractivity contribution in [3.8, 4) is 5.75 Å². The third-order valence-corrected chi connectivity index (χ3v) is 2.01. The Morgan fingerprint density at radius 1 is 1.43 bits per heavy atom. The van der Waals surface area contributed by atoms with Crippen LogP contribution in [0.4, 0.5) is 5.69 Å². The Morgan fingerprint density at radius 2 is 2.14 bits per heavy atom. The molecule has 0 bridgehead atoms. The average Bonchev–Trinajstić information content (AvgIpc) is 2.20. The first-order chi connectivity index (χ1) is 6.69. The molecular weight excluding hydrogens is 178 g/mol. The van der Waals surface area contributed by atoms with Crippen molar-refractivity contribution >= 4 is 11.7 Å². The first-order valence-corrected chi connectivity index (χ1v) is 4.77. The van der Waals surface area contributed by atoms with Crippen LogP contribution >= 0.6 is 0 Å². The molecule has 1 rings (SSSR count). The van der Waals surface area contributed by atoms with Gasteiger partial charge < -0.3 is 10.5 Å². The van der Waals surface area contributed by atoms with Crippen LogP contribution in [0.2, 0.25) is 0 Å². The molecule has 0 amide bonds. The number of para-hydroxylation sites is 1. The number of carbonyl (C=O) groups is 1. The van der Waals surface area contributed by atoms with Crippen LogP contribution in [0, 0.1) is 0 Å². The van der Waals surface area contributed by atoms with E-state index in [1.165, 1.54) is 0 Å². The summed E-state index contributed by atoms with van der Waals surface area (Å²) in [5, 5.41) is 0. The third kappa shape index (κ3) is 2.25. The molecule has 0 aliphatic rings. The van der Waals surface area contributed by atoms with Gasteiger partial charge in [0.2, 0.25) is 0 Å². The SMILES string of the molecule is CCC(=O)Oc1c(N)cccc1CC. The van der Waals surface area contributed by atoms with E-state index in [0.717, 1.165) is 12.0 Å². The van der Waals surface area contributed by atoms with Gasteiger partial charge in [0, 0.05) is 6.42 Å². The Kier molecular flexibility index (Phi) is 3.51. The highest BCUT2D eigenvalue weighted by atomic mass is 16.5. The minimum Gasteiger partial charge on any atom is -0.424 e. The minimum atomic E-state index is -0.252. The fraction of sp³-hybridized carbons (Fsp3) is 0.364. The molecule has 0 saturated carbocycles. The number of aryl methyl sites for hydroxylation is 1. The summed E-state index contributed by atoms with van der Waals surface area (Å²) >= 11 is 0. The van der Waals surface area contributed by atoms with Gasteiger partial charge in [-0.3, -0.25) is 4.79 Å². The molecule has 0 aromatic heterocycles. The van der Waals surface area contributed by atoms with Crippen LogP contribution in [-0.4, -0.2) is 5.97 Å². The van der Waals surface area contributed by atoms with Gasteiger partial charge in [0.25, 0.3) is 0 Å². The molecule has 3 nitrogen and oxygen atoms in total. The highest BCUT2D eigenvalue weighted by Crippen LogP contribution is 2.26. The fourth-order valence-electron chi connectivity index (χ4n) is 1.19. The Bertz CT molecular complexity index is 334. The standard InChI is InChI=1S/C11H15NO2/c1-3-8-6-5-7-9(12)11(8)14-10(13)4-2/h5-7H,3-4,12H2,1-2H3. The van der Waals surface area contributed by atoms with Crippen LogP contribution in [0.5, 0.6) is 5.75 Å². The number of ether oxygens (including phenoxy) is 1. The van der Waals surface area contributed by atoms with E-state index in [4.69, 9.17) is 10.5 Å². The molecule has 1 aromatic carbocycles. The molecule has 2 N–H and O–H groups in total. The van der Waals surface area contributed by atoms with Gasteiger partial charge in [-0.05, 0) is 18.1 Å². The van der Waals surface area contributed by atoms with Gasteiger partial charge in [-0.15, -0.1) is 0 Å². The Labute approximate surface area is 83.9 Å². The molecule has 0 radical (unpaired) electrons. The number of nitrogen functional groups attached to an aromatic ring is 1. The van der Waals surface area contributed by atoms with Crippen LogP contribution in [0.15, 0.2) is 18.2 Å². The minimum absolute atomic E-state index is 0.252. The van der Waals surface area contributed by atoms with E-state index in [1.807, 2.05) is 19.1 Å². The Hall–Kier alpha value is -1.51. The topological polar surface area (TPSA) is 52.3 Å². The summed E-state index contributed by atoms with van der Waals surface area (Å²) in [6, 6.07) is 5.50. The summed E-state index contributed by atoms with van der Waals surface area (Å²) in [6.07, 6.45) is 1.16. The average molecular weight is 193 g/mol. The van der Waals surface area contributed by atoms with Crippen molar-refractivity contribution in [1.82, 2.24) is 0 Å². The van der Waals surface area contributed by atoms with E-state index in [9.17, 15) is 4.79 Å². The number of nitrogens with two attached hydrogens (primary N) is 1. The summed E-state index contributed by atoms with van der Waals surface area (Å²) in [5.74, 6) is 0.263. The van der Waals surface area contributed by atoms with Gasteiger partial charge in [-0.25, -0.2) is 0 Å². The molecule has 0 fully saturated rings. The van der Waals surface area contributed by atoms with Gasteiger partial charge >= 0.3 is 5.97 Å². The van der Waals surface area contributed by atoms with E-state index in [1.54, 1.807) is 13.0 Å². The highest BCUT2D eigenvalue weighted by Gasteiger charge is 2.09. The second-order valence-electron chi connectivity index (χ2n) is 3.02. The number of rotatable bonds is 3. The van der Waals surface area contributed by atoms with Crippen molar-refractivity contribution in [3.63, 3.8) is 0 Å². The lowest BCUT2D eigenvalue weighted by Gasteiger charge is -2.10. The summed E-state index contributed by atoms with van der Waals surface area (Å²) in [4.78, 5) is 11.1. The summed E-state index contributed by atoms with van der Waals surface area (Å²) in [5.41, 5.74) is 7.21. The lowest BCUT2D eigenvalue weighted by Crippen LogP contribution is -2.09. The van der Waals surface area contributed by atoms with E-state index < -0.39 is 0 Å². The lowest BCUT2D eigenvalue weighted by atomic mass is 10.1. The second-order valence-corrected chi connectivity index (χ2v) is 3.02. The van der Waals surface area contributed by atoms with E-state index in [-0.39, 0.29) is 5.97 Å². The normalized spacial score (nSPS) is 9.86. The molecule has 0 aliphatic carbocycles. The number of hydrogen-bond acceptors (Lipinski definition) is 3. The molecule has 14 heavy (non-hydrogen) atoms. The van der Waals surface area contributed by atoms with Gasteiger partial charge in [0.05, 0.1) is 5.69 Å². The van der Waals surface area contributed by atoms with Gasteiger partial charge in [0.1, 0.15) is 0 Å². The number of benzene rings is 1. The Morgan fingerprint density at radius 3 is 2.71 bits per heavy atom. The van der Waals surface area contributed by atoms with Crippen molar-refractivity contribution in [2.75, 3.05) is 5.73 Å². The molecule has 0 aliphatic heterocycles. The van der Waals surface area contributed by atoms with Crippen LogP contribution < -0.4 is 10.5 Å². The summed E-state index contributed by atoms with van der Waals surface area (Å²) in [6.45, 7) is 3.76. The maximum Gasteiger partial charge on any atom is 0.310 e. The molecular formula is C11H15NO2. The number of hydrogen-bond donors (Lipinski definition) is 1. The zero-order chi connectivity index (χ0) is 10.6. The van der Waals surface area contributed by atoms with E-state index in [0.29, 0.717) is 17.9 Å². The molecule has 0 spiro atoms. The number of esters is 1. The van der Waals surface area contributed by atoms with E-state index in [2.05, 4.69) is 0 Å². The predicted molar refractivity (Wildman–Crippen MR) is 56.2 cm³/mol. The molecule has 0 saturated heterocycles. The predicted octanol–water partition coefficient (Wildman–Crippen LogP) is 2.15. The maximum absolute atomic E-state index is 11.1. The molecule has 76 valence electrons.